The van der Waals surface area contributed by atoms with Crippen LogP contribution in [0.2, 0.25) is 0 Å². The maximum absolute atomic E-state index is 12.2. The molecule has 8 heteroatoms. The molecule has 0 saturated carbocycles. The Hall–Kier alpha value is -3.26. The summed E-state index contributed by atoms with van der Waals surface area (Å²) in [5, 5.41) is 15.1. The second-order valence-corrected chi connectivity index (χ2v) is 6.75. The molecule has 0 radical (unpaired) electrons. The lowest BCUT2D eigenvalue weighted by atomic mass is 10.2. The van der Waals surface area contributed by atoms with Crippen molar-refractivity contribution < 1.29 is 4.79 Å². The van der Waals surface area contributed by atoms with Crippen LogP contribution in [0.25, 0.3) is 5.69 Å². The summed E-state index contributed by atoms with van der Waals surface area (Å²) in [4.78, 5) is 16.5. The molecule has 1 aliphatic heterocycles. The van der Waals surface area contributed by atoms with E-state index in [1.54, 1.807) is 4.68 Å². The highest BCUT2D eigenvalue weighted by Gasteiger charge is 2.23. The lowest BCUT2D eigenvalue weighted by molar-refractivity contribution is -0.122. The fourth-order valence-corrected chi connectivity index (χ4v) is 3.28. The first-order valence-electron chi connectivity index (χ1n) is 9.41. The van der Waals surface area contributed by atoms with E-state index in [-0.39, 0.29) is 5.91 Å². The molecule has 144 valence electrons. The van der Waals surface area contributed by atoms with Crippen LogP contribution in [0.1, 0.15) is 5.56 Å². The number of amides is 1. The van der Waals surface area contributed by atoms with Gasteiger partial charge in [-0.2, -0.15) is 4.68 Å². The molecule has 28 heavy (non-hydrogen) atoms. The van der Waals surface area contributed by atoms with Gasteiger partial charge in [0.05, 0.1) is 12.2 Å². The molecular formula is C20H23N7O. The van der Waals surface area contributed by atoms with Crippen LogP contribution in [-0.2, 0) is 11.3 Å². The van der Waals surface area contributed by atoms with Gasteiger partial charge in [-0.05, 0) is 28.1 Å². The third-order valence-electron chi connectivity index (χ3n) is 4.81. The number of nitrogens with zero attached hydrogens (tertiary/aromatic N) is 6. The zero-order chi connectivity index (χ0) is 19.2. The number of carbonyl (C=O) groups is 1. The maximum Gasteiger partial charge on any atom is 0.250 e. The molecule has 1 aliphatic rings. The van der Waals surface area contributed by atoms with Gasteiger partial charge in [-0.15, -0.1) is 0 Å². The quantitative estimate of drug-likeness (QED) is 0.693. The first kappa shape index (κ1) is 18.1. The van der Waals surface area contributed by atoms with Crippen molar-refractivity contribution in [3.05, 3.63) is 66.2 Å². The van der Waals surface area contributed by atoms with E-state index in [1.165, 1.54) is 0 Å². The molecule has 8 nitrogen and oxygen atoms in total. The Morgan fingerprint density at radius 2 is 1.61 bits per heavy atom. The van der Waals surface area contributed by atoms with Crippen LogP contribution in [0.3, 0.4) is 0 Å². The number of piperazine rings is 1. The Bertz CT molecular complexity index is 889. The van der Waals surface area contributed by atoms with Gasteiger partial charge >= 0.3 is 0 Å². The predicted octanol–water partition coefficient (Wildman–Crippen LogP) is 1.10. The SMILES string of the molecule is O=C(CN1CCN(c2nnnn2-c2ccccc2)CC1)NCc1ccccc1. The number of rotatable bonds is 6. The first-order chi connectivity index (χ1) is 13.8. The Labute approximate surface area is 163 Å². The Morgan fingerprint density at radius 3 is 2.32 bits per heavy atom. The van der Waals surface area contributed by atoms with Crippen molar-refractivity contribution in [3.63, 3.8) is 0 Å². The minimum atomic E-state index is 0.0476. The molecule has 0 atom stereocenters. The molecule has 1 aromatic heterocycles. The van der Waals surface area contributed by atoms with E-state index in [9.17, 15) is 4.79 Å². The number of tetrazole rings is 1. The van der Waals surface area contributed by atoms with Crippen molar-refractivity contribution in [2.75, 3.05) is 37.6 Å². The molecule has 0 aliphatic carbocycles. The molecule has 1 N–H and O–H groups in total. The average Bonchev–Trinajstić information content (AvgIpc) is 3.24. The number of carbonyl (C=O) groups excluding carboxylic acids is 1. The molecule has 0 spiro atoms. The number of benzene rings is 2. The lowest BCUT2D eigenvalue weighted by Crippen LogP contribution is -2.50. The summed E-state index contributed by atoms with van der Waals surface area (Å²) >= 11 is 0. The van der Waals surface area contributed by atoms with Crippen LogP contribution in [0.5, 0.6) is 0 Å². The van der Waals surface area contributed by atoms with Gasteiger partial charge in [-0.3, -0.25) is 9.69 Å². The summed E-state index contributed by atoms with van der Waals surface area (Å²) in [7, 11) is 0. The van der Waals surface area contributed by atoms with Gasteiger partial charge in [-0.25, -0.2) is 0 Å². The molecule has 3 aromatic rings. The maximum atomic E-state index is 12.2. The van der Waals surface area contributed by atoms with Crippen molar-refractivity contribution in [1.82, 2.24) is 30.4 Å². The normalized spacial score (nSPS) is 14.8. The van der Waals surface area contributed by atoms with E-state index < -0.39 is 0 Å². The second kappa shape index (κ2) is 8.62. The number of nitrogens with one attached hydrogen (secondary N) is 1. The van der Waals surface area contributed by atoms with Gasteiger partial charge in [0.2, 0.25) is 11.9 Å². The van der Waals surface area contributed by atoms with Crippen LogP contribution < -0.4 is 10.2 Å². The number of aromatic nitrogens is 4. The Kier molecular flexibility index (Phi) is 5.58. The topological polar surface area (TPSA) is 79.2 Å². The van der Waals surface area contributed by atoms with Gasteiger partial charge in [0, 0.05) is 32.7 Å². The van der Waals surface area contributed by atoms with Gasteiger partial charge in [0.15, 0.2) is 0 Å². The third kappa shape index (κ3) is 4.34. The van der Waals surface area contributed by atoms with Gasteiger partial charge in [0.1, 0.15) is 0 Å². The van der Waals surface area contributed by atoms with Crippen molar-refractivity contribution in [2.45, 2.75) is 6.54 Å². The Balaban J connectivity index is 1.28. The smallest absolute Gasteiger partial charge is 0.250 e. The van der Waals surface area contributed by atoms with Gasteiger partial charge in [0.25, 0.3) is 0 Å². The molecule has 0 bridgehead atoms. The molecule has 2 aromatic carbocycles. The summed E-state index contributed by atoms with van der Waals surface area (Å²) in [5.41, 5.74) is 2.04. The minimum absolute atomic E-state index is 0.0476. The summed E-state index contributed by atoms with van der Waals surface area (Å²) in [6.07, 6.45) is 0. The molecule has 4 rings (SSSR count). The predicted molar refractivity (Wildman–Crippen MR) is 106 cm³/mol. The van der Waals surface area contributed by atoms with Crippen molar-refractivity contribution in [1.29, 1.82) is 0 Å². The van der Waals surface area contributed by atoms with Crippen molar-refractivity contribution in [3.8, 4) is 5.69 Å². The van der Waals surface area contributed by atoms with Crippen LogP contribution >= 0.6 is 0 Å². The molecule has 1 saturated heterocycles. The van der Waals surface area contributed by atoms with E-state index >= 15 is 0 Å². The van der Waals surface area contributed by atoms with Crippen LogP contribution in [0.15, 0.2) is 60.7 Å². The van der Waals surface area contributed by atoms with Crippen molar-refractivity contribution in [2.24, 2.45) is 0 Å². The number of para-hydroxylation sites is 1. The standard InChI is InChI=1S/C20H23N7O/c28-19(21-15-17-7-3-1-4-8-17)16-25-11-13-26(14-12-25)20-22-23-24-27(20)18-9-5-2-6-10-18/h1-10H,11-16H2,(H,21,28). The summed E-state index contributed by atoms with van der Waals surface area (Å²) in [6, 6.07) is 19.8. The highest BCUT2D eigenvalue weighted by atomic mass is 16.2. The number of hydrogen-bond acceptors (Lipinski definition) is 6. The van der Waals surface area contributed by atoms with Crippen LogP contribution in [0, 0.1) is 0 Å². The Morgan fingerprint density at radius 1 is 0.929 bits per heavy atom. The molecule has 0 unspecified atom stereocenters. The monoisotopic (exact) mass is 377 g/mol. The second-order valence-electron chi connectivity index (χ2n) is 6.75. The largest absolute Gasteiger partial charge is 0.351 e. The van der Waals surface area contributed by atoms with E-state index in [2.05, 4.69) is 30.6 Å². The highest BCUT2D eigenvalue weighted by molar-refractivity contribution is 5.78. The van der Waals surface area contributed by atoms with E-state index in [1.807, 2.05) is 60.7 Å². The molecule has 1 amide bonds. The average molecular weight is 377 g/mol. The third-order valence-corrected chi connectivity index (χ3v) is 4.81. The molecule has 2 heterocycles. The lowest BCUT2D eigenvalue weighted by Gasteiger charge is -2.34. The zero-order valence-corrected chi connectivity index (χ0v) is 15.6. The van der Waals surface area contributed by atoms with Crippen LogP contribution in [-0.4, -0.2) is 63.7 Å². The first-order valence-corrected chi connectivity index (χ1v) is 9.41. The summed E-state index contributed by atoms with van der Waals surface area (Å²) < 4.78 is 1.75. The highest BCUT2D eigenvalue weighted by Crippen LogP contribution is 2.16. The number of anilines is 1. The molecule has 1 fully saturated rings. The minimum Gasteiger partial charge on any atom is -0.351 e. The van der Waals surface area contributed by atoms with Crippen molar-refractivity contribution >= 4 is 11.9 Å². The van der Waals surface area contributed by atoms with E-state index in [0.717, 1.165) is 43.4 Å². The number of hydrogen-bond donors (Lipinski definition) is 1. The van der Waals surface area contributed by atoms with E-state index in [4.69, 9.17) is 0 Å². The summed E-state index contributed by atoms with van der Waals surface area (Å²) in [6.45, 7) is 4.11. The van der Waals surface area contributed by atoms with Gasteiger partial charge in [-0.1, -0.05) is 53.6 Å². The fourth-order valence-electron chi connectivity index (χ4n) is 3.28. The zero-order valence-electron chi connectivity index (χ0n) is 15.6. The molecular weight excluding hydrogens is 354 g/mol. The fraction of sp³-hybridized carbons (Fsp3) is 0.300. The van der Waals surface area contributed by atoms with Crippen LogP contribution in [0.4, 0.5) is 5.95 Å². The van der Waals surface area contributed by atoms with E-state index in [0.29, 0.717) is 13.1 Å². The van der Waals surface area contributed by atoms with Gasteiger partial charge < -0.3 is 10.2 Å². The summed E-state index contributed by atoms with van der Waals surface area (Å²) in [5.74, 6) is 0.783.